The molecule has 5 rings (SSSR count). The number of aryl methyl sites for hydroxylation is 1. The van der Waals surface area contributed by atoms with Crippen molar-refractivity contribution in [3.63, 3.8) is 0 Å². The molecule has 39 heavy (non-hydrogen) atoms. The first-order valence-electron chi connectivity index (χ1n) is 12.1. The van der Waals surface area contributed by atoms with Crippen LogP contribution in [0.15, 0.2) is 69.0 Å². The average Bonchev–Trinajstić information content (AvgIpc) is 3.38. The van der Waals surface area contributed by atoms with Gasteiger partial charge in [0, 0.05) is 28.1 Å². The van der Waals surface area contributed by atoms with Crippen molar-refractivity contribution < 1.29 is 30.5 Å². The SMILES string of the molecule is CC(CCN1C(=Cc2sc3ccc4ccccc4c3[n+]2CCCS(=O)(=O)[O-])Sc2ccc(Br)cc21)S(=O)(=O)O. The molecule has 0 radical (unpaired) electrons. The fourth-order valence-corrected chi connectivity index (χ4v) is 8.14. The predicted molar refractivity (Wildman–Crippen MR) is 160 cm³/mol. The molecule has 0 saturated heterocycles. The standard InChI is InChI=1S/C26H25BrN2O6S4/c1-17(39(33,34)35)11-13-28-21-15-19(27)8-10-22(21)36-24(28)16-25-29(12-4-14-38(30,31)32)26-20-6-3-2-5-18(20)7-9-23(26)37-25/h2-3,5-10,15-17H,4,11-14H2,1H3,(H-,30,31,32,33,34,35). The Morgan fingerprint density at radius 3 is 2.64 bits per heavy atom. The van der Waals surface area contributed by atoms with Crippen molar-refractivity contribution in [3.8, 4) is 0 Å². The Balaban J connectivity index is 1.61. The van der Waals surface area contributed by atoms with Gasteiger partial charge in [0.2, 0.25) is 5.52 Å². The average molecular weight is 670 g/mol. The zero-order valence-electron chi connectivity index (χ0n) is 20.8. The summed E-state index contributed by atoms with van der Waals surface area (Å²) in [4.78, 5) is 3.06. The third-order valence-corrected chi connectivity index (χ3v) is 11.3. The van der Waals surface area contributed by atoms with Gasteiger partial charge in [-0.05, 0) is 49.1 Å². The molecule has 4 aromatic rings. The minimum Gasteiger partial charge on any atom is -0.748 e. The normalized spacial score (nSPS) is 15.9. The molecule has 13 heteroatoms. The van der Waals surface area contributed by atoms with Gasteiger partial charge in [-0.15, -0.1) is 0 Å². The highest BCUT2D eigenvalue weighted by atomic mass is 79.9. The number of thiazole rings is 1. The van der Waals surface area contributed by atoms with Gasteiger partial charge in [-0.3, -0.25) is 4.55 Å². The van der Waals surface area contributed by atoms with Crippen LogP contribution in [-0.4, -0.2) is 43.5 Å². The van der Waals surface area contributed by atoms with Crippen LogP contribution < -0.4 is 9.47 Å². The van der Waals surface area contributed by atoms with E-state index in [1.807, 2.05) is 59.5 Å². The van der Waals surface area contributed by atoms with Crippen LogP contribution >= 0.6 is 39.0 Å². The van der Waals surface area contributed by atoms with Gasteiger partial charge >= 0.3 is 0 Å². The van der Waals surface area contributed by atoms with E-state index in [2.05, 4.69) is 26.6 Å². The Bertz CT molecular complexity index is 1820. The summed E-state index contributed by atoms with van der Waals surface area (Å²) >= 11 is 6.65. The Morgan fingerprint density at radius 2 is 1.90 bits per heavy atom. The third-order valence-electron chi connectivity index (χ3n) is 6.60. The topological polar surface area (TPSA) is 119 Å². The lowest BCUT2D eigenvalue weighted by Gasteiger charge is -2.21. The van der Waals surface area contributed by atoms with Crippen LogP contribution in [0.4, 0.5) is 5.69 Å². The van der Waals surface area contributed by atoms with Crippen molar-refractivity contribution in [2.24, 2.45) is 0 Å². The van der Waals surface area contributed by atoms with E-state index in [-0.39, 0.29) is 12.8 Å². The van der Waals surface area contributed by atoms with Gasteiger partial charge in [0.1, 0.15) is 4.70 Å². The number of rotatable bonds is 9. The molecular formula is C26H25BrN2O6S4. The summed E-state index contributed by atoms with van der Waals surface area (Å²) in [6.07, 6.45) is 2.43. The zero-order chi connectivity index (χ0) is 27.9. The van der Waals surface area contributed by atoms with Crippen LogP contribution in [-0.2, 0) is 26.8 Å². The maximum absolute atomic E-state index is 11.7. The molecule has 3 aromatic carbocycles. The summed E-state index contributed by atoms with van der Waals surface area (Å²) in [5.41, 5.74) is 1.90. The Hall–Kier alpha value is -2.00. The lowest BCUT2D eigenvalue weighted by atomic mass is 10.1. The summed E-state index contributed by atoms with van der Waals surface area (Å²) in [7, 11) is -8.51. The molecule has 1 aliphatic heterocycles. The summed E-state index contributed by atoms with van der Waals surface area (Å²) in [5.74, 6) is -0.452. The second-order valence-electron chi connectivity index (χ2n) is 9.30. The van der Waals surface area contributed by atoms with Crippen molar-refractivity contribution in [2.75, 3.05) is 17.2 Å². The van der Waals surface area contributed by atoms with Crippen molar-refractivity contribution >= 4 is 92.0 Å². The highest BCUT2D eigenvalue weighted by Gasteiger charge is 2.30. The Labute approximate surface area is 244 Å². The zero-order valence-corrected chi connectivity index (χ0v) is 25.6. The molecule has 0 amide bonds. The van der Waals surface area contributed by atoms with Gasteiger partial charge in [-0.2, -0.15) is 13.0 Å². The van der Waals surface area contributed by atoms with E-state index in [0.29, 0.717) is 13.1 Å². The van der Waals surface area contributed by atoms with Gasteiger partial charge in [-0.1, -0.05) is 63.3 Å². The first kappa shape index (κ1) is 28.5. The van der Waals surface area contributed by atoms with Crippen molar-refractivity contribution in [1.82, 2.24) is 0 Å². The maximum atomic E-state index is 11.7. The third kappa shape index (κ3) is 6.34. The van der Waals surface area contributed by atoms with Gasteiger partial charge in [0.05, 0.1) is 37.5 Å². The van der Waals surface area contributed by atoms with Crippen LogP contribution in [0.2, 0.25) is 0 Å². The molecule has 1 unspecified atom stereocenters. The summed E-state index contributed by atoms with van der Waals surface area (Å²) in [5, 5.41) is 2.93. The molecule has 1 N–H and O–H groups in total. The largest absolute Gasteiger partial charge is 0.748 e. The number of thioether (sulfide) groups is 1. The molecule has 1 aromatic heterocycles. The fourth-order valence-electron chi connectivity index (χ4n) is 4.58. The number of nitrogens with zero attached hydrogens (tertiary/aromatic N) is 2. The van der Waals surface area contributed by atoms with Gasteiger partial charge in [-0.25, -0.2) is 8.42 Å². The van der Waals surface area contributed by atoms with E-state index in [0.717, 1.165) is 46.1 Å². The molecule has 0 fully saturated rings. The second kappa shape index (κ2) is 11.1. The molecule has 1 aliphatic rings. The first-order valence-corrected chi connectivity index (χ1v) is 17.6. The number of fused-ring (bicyclic) bond motifs is 4. The highest BCUT2D eigenvalue weighted by Crippen LogP contribution is 2.48. The number of hydrogen-bond donors (Lipinski definition) is 1. The lowest BCUT2D eigenvalue weighted by molar-refractivity contribution is -0.667. The molecule has 206 valence electrons. The van der Waals surface area contributed by atoms with Crippen LogP contribution in [0.5, 0.6) is 0 Å². The van der Waals surface area contributed by atoms with Crippen LogP contribution in [0.3, 0.4) is 0 Å². The Kier molecular flexibility index (Phi) is 8.13. The number of halogens is 1. The fraction of sp³-hybridized carbons (Fsp3) is 0.269. The number of anilines is 1. The minimum atomic E-state index is -4.35. The maximum Gasteiger partial charge on any atom is 0.267 e. The Morgan fingerprint density at radius 1 is 1.13 bits per heavy atom. The van der Waals surface area contributed by atoms with E-state index in [1.54, 1.807) is 23.1 Å². The second-order valence-corrected chi connectivity index (χ2v) is 15.7. The quantitative estimate of drug-likeness (QED) is 0.180. The van der Waals surface area contributed by atoms with E-state index < -0.39 is 31.2 Å². The van der Waals surface area contributed by atoms with Crippen LogP contribution in [0.25, 0.3) is 27.1 Å². The molecule has 8 nitrogen and oxygen atoms in total. The van der Waals surface area contributed by atoms with Gasteiger partial charge < -0.3 is 9.45 Å². The number of hydrogen-bond acceptors (Lipinski definition) is 8. The van der Waals surface area contributed by atoms with Crippen molar-refractivity contribution in [2.45, 2.75) is 36.5 Å². The molecule has 0 bridgehead atoms. The number of aromatic nitrogens is 1. The van der Waals surface area contributed by atoms with Crippen LogP contribution in [0.1, 0.15) is 24.8 Å². The molecule has 2 heterocycles. The smallest absolute Gasteiger partial charge is 0.267 e. The van der Waals surface area contributed by atoms with E-state index in [1.165, 1.54) is 6.92 Å². The van der Waals surface area contributed by atoms with Gasteiger partial charge in [0.15, 0.2) is 6.54 Å². The van der Waals surface area contributed by atoms with Crippen molar-refractivity contribution in [1.29, 1.82) is 0 Å². The molecule has 0 spiro atoms. The van der Waals surface area contributed by atoms with Crippen LogP contribution in [0, 0.1) is 0 Å². The summed E-state index contributed by atoms with van der Waals surface area (Å²) in [6, 6.07) is 18.0. The van der Waals surface area contributed by atoms with E-state index in [9.17, 15) is 25.9 Å². The lowest BCUT2D eigenvalue weighted by Crippen LogP contribution is -2.36. The molecule has 0 aliphatic carbocycles. The number of benzene rings is 3. The molecular weight excluding hydrogens is 644 g/mol. The molecule has 1 atom stereocenters. The monoisotopic (exact) mass is 668 g/mol. The van der Waals surface area contributed by atoms with E-state index >= 15 is 0 Å². The summed E-state index contributed by atoms with van der Waals surface area (Å²) in [6.45, 7) is 2.20. The molecule has 0 saturated carbocycles. The van der Waals surface area contributed by atoms with Crippen molar-refractivity contribution in [3.05, 3.63) is 69.1 Å². The first-order chi connectivity index (χ1) is 18.4. The van der Waals surface area contributed by atoms with E-state index in [4.69, 9.17) is 0 Å². The highest BCUT2D eigenvalue weighted by molar-refractivity contribution is 9.10. The van der Waals surface area contributed by atoms with Gasteiger partial charge in [0.25, 0.3) is 15.1 Å². The minimum absolute atomic E-state index is 0.178. The predicted octanol–water partition coefficient (Wildman–Crippen LogP) is 5.62. The summed E-state index contributed by atoms with van der Waals surface area (Å²) < 4.78 is 70.9.